The number of benzene rings is 14. The first-order valence-corrected chi connectivity index (χ1v) is 46.6. The molecule has 0 aromatic heterocycles. The van der Waals surface area contributed by atoms with Gasteiger partial charge in [0.05, 0.1) is 49.8 Å². The highest BCUT2D eigenvalue weighted by Crippen LogP contribution is 2.57. The number of carbonyl (C=O) groups excluding carboxylic acids is 7. The van der Waals surface area contributed by atoms with E-state index in [0.717, 1.165) is 124 Å². The van der Waals surface area contributed by atoms with Crippen LogP contribution in [0.25, 0.3) is 11.1 Å². The quantitative estimate of drug-likeness (QED) is 0.0216. The van der Waals surface area contributed by atoms with Gasteiger partial charge in [-0.25, -0.2) is 0 Å². The summed E-state index contributed by atoms with van der Waals surface area (Å²) in [5.41, 5.74) is 4.91. The maximum absolute atomic E-state index is 13.9. The Hall–Kier alpha value is -16.7. The van der Waals surface area contributed by atoms with Gasteiger partial charge in [0.1, 0.15) is 92.0 Å². The lowest BCUT2D eigenvalue weighted by Crippen LogP contribution is -2.54. The van der Waals surface area contributed by atoms with E-state index in [1.54, 1.807) is 103 Å². The topological polar surface area (TPSA) is 258 Å². The van der Waals surface area contributed by atoms with Crippen molar-refractivity contribution >= 4 is 41.8 Å². The van der Waals surface area contributed by atoms with Crippen LogP contribution >= 0.6 is 0 Å². The zero-order valence-corrected chi connectivity index (χ0v) is 84.7. The van der Waals surface area contributed by atoms with E-state index in [1.165, 1.54) is 90.2 Å². The van der Waals surface area contributed by atoms with Crippen molar-refractivity contribution in [1.29, 1.82) is 0 Å². The normalized spacial score (nSPS) is 11.0. The lowest BCUT2D eigenvalue weighted by Gasteiger charge is -2.38. The molecular weight excluding hydrogens is 1900 g/mol. The molecule has 2 unspecified atom stereocenters. The van der Waals surface area contributed by atoms with Gasteiger partial charge in [0.15, 0.2) is 0 Å². The van der Waals surface area contributed by atoms with E-state index in [9.17, 15) is 59.9 Å². The number of hydrogen-bond acceptors (Lipinski definition) is 22. The van der Waals surface area contributed by atoms with Gasteiger partial charge >= 0.3 is 54.1 Å². The van der Waals surface area contributed by atoms with Crippen molar-refractivity contribution in [3.8, 4) is 103 Å². The molecule has 0 heterocycles. The number of methoxy groups -OCH3 is 7. The van der Waals surface area contributed by atoms with E-state index in [0.29, 0.717) is 82.8 Å². The third-order valence-electron chi connectivity index (χ3n) is 22.1. The molecule has 2 atom stereocenters. The predicted octanol–water partition coefficient (Wildman–Crippen LogP) is 27.3. The second-order valence-corrected chi connectivity index (χ2v) is 32.7. The maximum atomic E-state index is 13.9. The van der Waals surface area contributed by atoms with Crippen LogP contribution < -0.4 is 71.1 Å². The number of rotatable bonds is 32. The van der Waals surface area contributed by atoms with Crippen LogP contribution in [0.3, 0.4) is 0 Å². The molecule has 0 aliphatic rings. The summed E-state index contributed by atoms with van der Waals surface area (Å²) in [6, 6.07) is 98.4. The van der Waals surface area contributed by atoms with Crippen LogP contribution in [0.2, 0.25) is 0 Å². The minimum Gasteiger partial charge on any atom is -0.497 e. The Labute approximate surface area is 853 Å². The summed E-state index contributed by atoms with van der Waals surface area (Å²) in [6.07, 6.45) is -4.40. The summed E-state index contributed by atoms with van der Waals surface area (Å²) >= 11 is 0. The van der Waals surface area contributed by atoms with Gasteiger partial charge in [0.2, 0.25) is 5.41 Å². The van der Waals surface area contributed by atoms with Gasteiger partial charge in [0, 0.05) is 67.2 Å². The summed E-state index contributed by atoms with van der Waals surface area (Å²) in [6.45, 7) is 13.9. The van der Waals surface area contributed by atoms with Gasteiger partial charge < -0.3 is 71.1 Å². The lowest BCUT2D eigenvalue weighted by atomic mass is 9.73. The van der Waals surface area contributed by atoms with Gasteiger partial charge in [-0.1, -0.05) is 197 Å². The first-order chi connectivity index (χ1) is 70.4. The molecule has 14 rings (SSSR count). The molecule has 0 fully saturated rings. The van der Waals surface area contributed by atoms with Gasteiger partial charge in [-0.15, -0.1) is 0 Å². The maximum Gasteiger partial charge on any atom is 0.411 e. The van der Waals surface area contributed by atoms with Crippen molar-refractivity contribution in [3.05, 3.63) is 395 Å². The van der Waals surface area contributed by atoms with Crippen molar-refractivity contribution < 1.29 is 131 Å². The van der Waals surface area contributed by atoms with E-state index >= 15 is 0 Å². The number of unbranched alkanes of at least 4 members (excludes halogenated alkanes) is 1. The van der Waals surface area contributed by atoms with Crippen LogP contribution in [-0.2, 0) is 58.2 Å². The van der Waals surface area contributed by atoms with Crippen molar-refractivity contribution in [3.63, 3.8) is 0 Å². The highest BCUT2D eigenvalue weighted by molar-refractivity contribution is 5.74. The van der Waals surface area contributed by atoms with Crippen molar-refractivity contribution in [2.75, 3.05) is 49.8 Å². The number of ether oxygens (including phenoxy) is 15. The average Bonchev–Trinajstić information content (AvgIpc) is 0.714. The third-order valence-corrected chi connectivity index (χ3v) is 22.1. The molecule has 770 valence electrons. The Bertz CT molecular complexity index is 6300. The Kier molecular flexibility index (Phi) is 46.3. The highest BCUT2D eigenvalue weighted by atomic mass is 19.4. The monoisotopic (exact) mass is 2010 g/mol. The second-order valence-electron chi connectivity index (χ2n) is 32.7. The zero-order chi connectivity index (χ0) is 107. The molecule has 0 aliphatic heterocycles. The molecular formula is C119H120F6O22. The molecule has 0 radical (unpaired) electrons. The number of halogens is 6. The fourth-order valence-corrected chi connectivity index (χ4v) is 15.1. The van der Waals surface area contributed by atoms with E-state index < -0.39 is 34.9 Å². The summed E-state index contributed by atoms with van der Waals surface area (Å²) in [4.78, 5) is 76.6. The Morgan fingerprint density at radius 1 is 0.252 bits per heavy atom. The van der Waals surface area contributed by atoms with Crippen LogP contribution in [0.15, 0.2) is 340 Å². The predicted molar refractivity (Wildman–Crippen MR) is 551 cm³/mol. The zero-order valence-electron chi connectivity index (χ0n) is 84.7. The largest absolute Gasteiger partial charge is 0.497 e. The van der Waals surface area contributed by atoms with Gasteiger partial charge in [-0.05, 0) is 261 Å². The molecule has 28 heteroatoms. The van der Waals surface area contributed by atoms with E-state index in [4.69, 9.17) is 66.3 Å². The fourth-order valence-electron chi connectivity index (χ4n) is 15.1. The number of para-hydroxylation sites is 3. The average molecular weight is 2020 g/mol. The first kappa shape index (κ1) is 116. The molecule has 0 spiro atoms. The standard InChI is InChI=1S/C23H30O3.C18H14F6O3.3C16H16O3.C15H14O4.C15H14O3/c1-5-7-8-18(6-2)23(19-9-13-21(25-4)14-10-19)20-11-15-22(16-12-20)26-17(3)24;1-11(25)27-15-9-5-13(6-10-15)16(17(19,20)21,18(22,23)24)12-3-7-14(26-2)8-4-12;1-12(17)19-16-9-5-14(6-10-16)11-13-3-7-15(18-2)8-4-13;1-12(17)19-16-10-6-4-8-14(16)11-13-7-3-5-9-15(13)18-2;1-12(17)19-16-6-4-3-5-14(16)11-13-7-9-15(18-2)10-8-13;1-11(16)18-13-7-9-15(10-8-13)19-14-5-3-12(17-2)4-6-14;1-11(16)18-15-9-5-13(6-10-15)12-3-7-14(17-2)8-4-12/h9-16,18,23H,5-8H2,1-4H3;3-10H,1-2H3;3*3-10H,11H2,1-2H3;3-10H,1-2H3;3-10H,1-2H3. The number of alkyl halides is 6. The molecule has 0 N–H and O–H groups in total. The molecule has 14 aromatic carbocycles. The second kappa shape index (κ2) is 58.8. The van der Waals surface area contributed by atoms with E-state index in [2.05, 4.69) is 42.8 Å². The Balaban J connectivity index is 0.000000210. The molecule has 0 saturated carbocycles. The number of carbonyl (C=O) groups is 7. The summed E-state index contributed by atoms with van der Waals surface area (Å²) in [7, 11) is 11.1. The summed E-state index contributed by atoms with van der Waals surface area (Å²) < 4.78 is 160. The van der Waals surface area contributed by atoms with Gasteiger partial charge in [-0.3, -0.25) is 33.6 Å². The van der Waals surface area contributed by atoms with Crippen LogP contribution in [0.4, 0.5) is 26.3 Å². The highest BCUT2D eigenvalue weighted by Gasteiger charge is 2.72. The summed E-state index contributed by atoms with van der Waals surface area (Å²) in [5.74, 6) is 8.03. The molecule has 0 saturated heterocycles. The van der Waals surface area contributed by atoms with Gasteiger partial charge in [-0.2, -0.15) is 26.3 Å². The van der Waals surface area contributed by atoms with E-state index in [1.807, 2.05) is 206 Å². The Morgan fingerprint density at radius 3 is 0.789 bits per heavy atom. The van der Waals surface area contributed by atoms with Gasteiger partial charge in [0.25, 0.3) is 0 Å². The third kappa shape index (κ3) is 37.6. The summed E-state index contributed by atoms with van der Waals surface area (Å²) in [5, 5.41) is 0. The first-order valence-electron chi connectivity index (χ1n) is 46.6. The van der Waals surface area contributed by atoms with Crippen LogP contribution in [0, 0.1) is 5.92 Å². The SMILES string of the molecule is CCCCC(CC)C(c1ccc(OC)cc1)c1ccc(OC(C)=O)cc1.COc1ccc(-c2ccc(OC(C)=O)cc2)cc1.COc1ccc(C(c2ccc(OC(C)=O)cc2)(C(F)(F)F)C(F)(F)F)cc1.COc1ccc(Cc2ccc(OC(C)=O)cc2)cc1.COc1ccc(Cc2ccccc2OC(C)=O)cc1.COc1ccc(Oc2ccc(OC(C)=O)cc2)cc1.COc1ccccc1Cc1ccccc1OC(C)=O. The minimum atomic E-state index is -5.69. The Morgan fingerprint density at radius 2 is 0.490 bits per heavy atom. The van der Waals surface area contributed by atoms with Crippen LogP contribution in [-0.4, -0.2) is 104 Å². The van der Waals surface area contributed by atoms with Crippen LogP contribution in [0.1, 0.15) is 150 Å². The lowest BCUT2D eigenvalue weighted by molar-refractivity contribution is -0.288. The molecule has 147 heavy (non-hydrogen) atoms. The number of esters is 7. The van der Waals surface area contributed by atoms with Crippen LogP contribution in [0.5, 0.6) is 92.0 Å². The molecule has 22 nitrogen and oxygen atoms in total. The fraction of sp³-hybridized carbons (Fsp3) is 0.235. The van der Waals surface area contributed by atoms with E-state index in [-0.39, 0.29) is 47.3 Å². The molecule has 0 bridgehead atoms. The van der Waals surface area contributed by atoms with Crippen molar-refractivity contribution in [1.82, 2.24) is 0 Å². The van der Waals surface area contributed by atoms with Crippen molar-refractivity contribution in [2.24, 2.45) is 5.92 Å². The molecule has 14 aromatic rings. The van der Waals surface area contributed by atoms with Crippen molar-refractivity contribution in [2.45, 2.75) is 131 Å². The number of hydrogen-bond donors (Lipinski definition) is 0. The minimum absolute atomic E-state index is 0.113. The molecule has 0 amide bonds. The molecule has 0 aliphatic carbocycles. The smallest absolute Gasteiger partial charge is 0.411 e.